The molecule has 0 spiro atoms. The zero-order valence-electron chi connectivity index (χ0n) is 13.1. The zero-order valence-corrected chi connectivity index (χ0v) is 13.1. The van der Waals surface area contributed by atoms with E-state index in [9.17, 15) is 4.79 Å². The number of hydrogen-bond donors (Lipinski definition) is 2. The highest BCUT2D eigenvalue weighted by atomic mass is 16.1. The molecule has 22 heavy (non-hydrogen) atoms. The van der Waals surface area contributed by atoms with Crippen LogP contribution in [0.15, 0.2) is 42.7 Å². The molecule has 1 aromatic heterocycles. The third kappa shape index (κ3) is 3.91. The van der Waals surface area contributed by atoms with Crippen molar-refractivity contribution in [3.8, 4) is 0 Å². The molecule has 2 rings (SSSR count). The highest BCUT2D eigenvalue weighted by Gasteiger charge is 2.08. The summed E-state index contributed by atoms with van der Waals surface area (Å²) in [4.78, 5) is 20.1. The van der Waals surface area contributed by atoms with Crippen molar-refractivity contribution in [2.75, 3.05) is 10.6 Å². The van der Waals surface area contributed by atoms with Gasteiger partial charge in [-0.05, 0) is 38.0 Å². The number of aryl methyl sites for hydroxylation is 2. The van der Waals surface area contributed by atoms with E-state index in [1.54, 1.807) is 6.92 Å². The Hall–Kier alpha value is -2.69. The summed E-state index contributed by atoms with van der Waals surface area (Å²) in [5.74, 6) is 0.540. The Labute approximate surface area is 130 Å². The number of anilines is 3. The molecule has 0 aliphatic carbocycles. The van der Waals surface area contributed by atoms with Crippen molar-refractivity contribution < 1.29 is 4.79 Å². The topological polar surface area (TPSA) is 66.9 Å². The first-order valence-electron chi connectivity index (χ1n) is 7.15. The van der Waals surface area contributed by atoms with Gasteiger partial charge >= 0.3 is 0 Å². The quantitative estimate of drug-likeness (QED) is 0.827. The number of benzene rings is 1. The third-order valence-electron chi connectivity index (χ3n) is 3.20. The molecule has 2 aromatic rings. The third-order valence-corrected chi connectivity index (χ3v) is 3.20. The molecule has 1 heterocycles. The van der Waals surface area contributed by atoms with Crippen molar-refractivity contribution in [1.29, 1.82) is 0 Å². The predicted octanol–water partition coefficient (Wildman–Crippen LogP) is 3.61. The van der Waals surface area contributed by atoms with Gasteiger partial charge in [0.1, 0.15) is 12.1 Å². The monoisotopic (exact) mass is 296 g/mol. The van der Waals surface area contributed by atoms with Gasteiger partial charge in [-0.3, -0.25) is 4.79 Å². The lowest BCUT2D eigenvalue weighted by Gasteiger charge is -2.13. The fourth-order valence-electron chi connectivity index (χ4n) is 1.98. The molecule has 0 aliphatic rings. The van der Waals surface area contributed by atoms with Crippen molar-refractivity contribution in [2.24, 2.45) is 0 Å². The molecule has 114 valence electrons. The average Bonchev–Trinajstić information content (AvgIpc) is 2.47. The van der Waals surface area contributed by atoms with Crippen molar-refractivity contribution in [3.05, 3.63) is 54.0 Å². The molecule has 1 amide bonds. The van der Waals surface area contributed by atoms with E-state index in [1.165, 1.54) is 6.33 Å². The first-order chi connectivity index (χ1) is 10.5. The number of rotatable bonds is 5. The largest absolute Gasteiger partial charge is 0.340 e. The molecule has 2 N–H and O–H groups in total. The van der Waals surface area contributed by atoms with E-state index in [1.807, 2.05) is 38.1 Å². The first kappa shape index (κ1) is 15.7. The predicted molar refractivity (Wildman–Crippen MR) is 89.3 cm³/mol. The fourth-order valence-corrected chi connectivity index (χ4v) is 1.98. The standard InChI is InChI=1S/C17H20N4O/c1-5-13-6-7-14(9-15(13)21-17(22)11(2)3)20-16-8-12(4)18-10-19-16/h6-10H,2,5H2,1,3-4H3,(H,21,22)(H,18,19,20). The van der Waals surface area contributed by atoms with Crippen LogP contribution in [0.5, 0.6) is 0 Å². The highest BCUT2D eigenvalue weighted by Crippen LogP contribution is 2.24. The normalized spacial score (nSPS) is 10.1. The Balaban J connectivity index is 2.26. The van der Waals surface area contributed by atoms with Gasteiger partial charge in [-0.1, -0.05) is 19.6 Å². The van der Waals surface area contributed by atoms with Crippen LogP contribution in [0.3, 0.4) is 0 Å². The van der Waals surface area contributed by atoms with Crippen LogP contribution in [0.1, 0.15) is 25.1 Å². The summed E-state index contributed by atoms with van der Waals surface area (Å²) in [6, 6.07) is 7.72. The van der Waals surface area contributed by atoms with Gasteiger partial charge in [0, 0.05) is 28.7 Å². The molecule has 5 nitrogen and oxygen atoms in total. The molecule has 0 saturated carbocycles. The molecule has 0 atom stereocenters. The van der Waals surface area contributed by atoms with Crippen molar-refractivity contribution in [3.63, 3.8) is 0 Å². The maximum absolute atomic E-state index is 11.8. The van der Waals surface area contributed by atoms with E-state index < -0.39 is 0 Å². The Bertz CT molecular complexity index is 710. The maximum atomic E-state index is 11.8. The molecular formula is C17H20N4O. The molecular weight excluding hydrogens is 276 g/mol. The number of nitrogens with zero attached hydrogens (tertiary/aromatic N) is 2. The zero-order chi connectivity index (χ0) is 16.1. The van der Waals surface area contributed by atoms with Gasteiger partial charge in [0.25, 0.3) is 5.91 Å². The number of nitrogens with one attached hydrogen (secondary N) is 2. The number of hydrogen-bond acceptors (Lipinski definition) is 4. The lowest BCUT2D eigenvalue weighted by atomic mass is 10.1. The summed E-state index contributed by atoms with van der Waals surface area (Å²) >= 11 is 0. The summed E-state index contributed by atoms with van der Waals surface area (Å²) in [6.07, 6.45) is 2.35. The van der Waals surface area contributed by atoms with Crippen molar-refractivity contribution in [2.45, 2.75) is 27.2 Å². The summed E-state index contributed by atoms with van der Waals surface area (Å²) in [5, 5.41) is 6.10. The summed E-state index contributed by atoms with van der Waals surface area (Å²) in [5.41, 5.74) is 4.07. The van der Waals surface area contributed by atoms with Crippen molar-refractivity contribution in [1.82, 2.24) is 9.97 Å². The molecule has 0 radical (unpaired) electrons. The van der Waals surface area contributed by atoms with Crippen LogP contribution < -0.4 is 10.6 Å². The Morgan fingerprint density at radius 3 is 2.68 bits per heavy atom. The van der Waals surface area contributed by atoms with Gasteiger partial charge in [-0.25, -0.2) is 9.97 Å². The van der Waals surface area contributed by atoms with Gasteiger partial charge < -0.3 is 10.6 Å². The lowest BCUT2D eigenvalue weighted by molar-refractivity contribution is -0.112. The van der Waals surface area contributed by atoms with Gasteiger partial charge in [0.2, 0.25) is 0 Å². The van der Waals surface area contributed by atoms with E-state index in [4.69, 9.17) is 0 Å². The van der Waals surface area contributed by atoms with Crippen LogP contribution >= 0.6 is 0 Å². The van der Waals surface area contributed by atoms with E-state index in [2.05, 4.69) is 27.2 Å². The molecule has 0 unspecified atom stereocenters. The maximum Gasteiger partial charge on any atom is 0.250 e. The van der Waals surface area contributed by atoms with Crippen LogP contribution in [0.25, 0.3) is 0 Å². The molecule has 1 aromatic carbocycles. The van der Waals surface area contributed by atoms with Crippen LogP contribution in [0.4, 0.5) is 17.2 Å². The lowest BCUT2D eigenvalue weighted by Crippen LogP contribution is -2.13. The Morgan fingerprint density at radius 1 is 1.27 bits per heavy atom. The van der Waals surface area contributed by atoms with Gasteiger partial charge in [-0.15, -0.1) is 0 Å². The molecule has 0 aliphatic heterocycles. The van der Waals surface area contributed by atoms with E-state index in [0.29, 0.717) is 11.4 Å². The molecule has 0 bridgehead atoms. The fraction of sp³-hybridized carbons (Fsp3) is 0.235. The van der Waals surface area contributed by atoms with Crippen LogP contribution in [0.2, 0.25) is 0 Å². The minimum absolute atomic E-state index is 0.176. The number of aromatic nitrogens is 2. The van der Waals surface area contributed by atoms with Crippen LogP contribution in [0, 0.1) is 6.92 Å². The SMILES string of the molecule is C=C(C)C(=O)Nc1cc(Nc2cc(C)ncn2)ccc1CC. The van der Waals surface area contributed by atoms with Crippen LogP contribution in [-0.4, -0.2) is 15.9 Å². The highest BCUT2D eigenvalue weighted by molar-refractivity contribution is 6.03. The number of carbonyl (C=O) groups excluding carboxylic acids is 1. The summed E-state index contributed by atoms with van der Waals surface area (Å²) in [6.45, 7) is 9.31. The second kappa shape index (κ2) is 6.85. The number of amides is 1. The minimum atomic E-state index is -0.176. The first-order valence-corrected chi connectivity index (χ1v) is 7.15. The number of carbonyl (C=O) groups is 1. The minimum Gasteiger partial charge on any atom is -0.340 e. The molecule has 0 saturated heterocycles. The summed E-state index contributed by atoms with van der Waals surface area (Å²) in [7, 11) is 0. The van der Waals surface area contributed by atoms with E-state index in [0.717, 1.165) is 29.1 Å². The second-order valence-corrected chi connectivity index (χ2v) is 5.13. The van der Waals surface area contributed by atoms with E-state index in [-0.39, 0.29) is 5.91 Å². The second-order valence-electron chi connectivity index (χ2n) is 5.13. The molecule has 5 heteroatoms. The van der Waals surface area contributed by atoms with Crippen molar-refractivity contribution >= 4 is 23.1 Å². The average molecular weight is 296 g/mol. The molecule has 0 fully saturated rings. The van der Waals surface area contributed by atoms with E-state index >= 15 is 0 Å². The summed E-state index contributed by atoms with van der Waals surface area (Å²) < 4.78 is 0. The Kier molecular flexibility index (Phi) is 4.88. The van der Waals surface area contributed by atoms with Crippen LogP contribution in [-0.2, 0) is 11.2 Å². The van der Waals surface area contributed by atoms with Gasteiger partial charge in [0.05, 0.1) is 0 Å². The van der Waals surface area contributed by atoms with Gasteiger partial charge in [-0.2, -0.15) is 0 Å². The van der Waals surface area contributed by atoms with Gasteiger partial charge in [0.15, 0.2) is 0 Å². The smallest absolute Gasteiger partial charge is 0.250 e. The Morgan fingerprint density at radius 2 is 2.05 bits per heavy atom.